The SMILES string of the molecule is Cc1ccc(S(=O)(=O)N2CCC[C@H]2C(=O)Nc2cccc(N3CCOC3=O)c2)cc1. The number of nitrogens with zero attached hydrogens (tertiary/aromatic N) is 2. The Labute approximate surface area is 175 Å². The molecule has 1 atom stereocenters. The summed E-state index contributed by atoms with van der Waals surface area (Å²) in [5.41, 5.74) is 2.08. The number of aryl methyl sites for hydroxylation is 1. The van der Waals surface area contributed by atoms with Gasteiger partial charge in [-0.15, -0.1) is 0 Å². The number of ether oxygens (including phenoxy) is 1. The number of anilines is 2. The molecule has 0 unspecified atom stereocenters. The molecule has 30 heavy (non-hydrogen) atoms. The molecular formula is C21H23N3O5S. The molecule has 0 radical (unpaired) electrons. The maximum Gasteiger partial charge on any atom is 0.414 e. The molecule has 0 aromatic heterocycles. The molecule has 4 rings (SSSR count). The lowest BCUT2D eigenvalue weighted by Crippen LogP contribution is -2.43. The van der Waals surface area contributed by atoms with Gasteiger partial charge in [-0.25, -0.2) is 13.2 Å². The summed E-state index contributed by atoms with van der Waals surface area (Å²) in [5.74, 6) is -0.385. The molecule has 158 valence electrons. The van der Waals surface area contributed by atoms with E-state index >= 15 is 0 Å². The number of cyclic esters (lactones) is 1. The molecule has 1 N–H and O–H groups in total. The molecule has 8 nitrogen and oxygen atoms in total. The van der Waals surface area contributed by atoms with Gasteiger partial charge in [-0.2, -0.15) is 4.31 Å². The Morgan fingerprint density at radius 3 is 2.60 bits per heavy atom. The summed E-state index contributed by atoms with van der Waals surface area (Å²) < 4.78 is 32.4. The first-order chi connectivity index (χ1) is 14.4. The number of rotatable bonds is 5. The van der Waals surface area contributed by atoms with Crippen LogP contribution in [0.2, 0.25) is 0 Å². The van der Waals surface area contributed by atoms with E-state index in [0.717, 1.165) is 5.56 Å². The maximum atomic E-state index is 13.1. The zero-order chi connectivity index (χ0) is 21.3. The molecule has 2 fully saturated rings. The summed E-state index contributed by atoms with van der Waals surface area (Å²) in [7, 11) is -3.77. The monoisotopic (exact) mass is 429 g/mol. The molecule has 2 amide bonds. The third-order valence-corrected chi connectivity index (χ3v) is 7.24. The normalized spacial score (nSPS) is 19.7. The molecule has 2 aromatic rings. The van der Waals surface area contributed by atoms with Crippen molar-refractivity contribution in [2.75, 3.05) is 29.9 Å². The number of hydrogen-bond donors (Lipinski definition) is 1. The predicted molar refractivity (Wildman–Crippen MR) is 112 cm³/mol. The first kappa shape index (κ1) is 20.4. The number of hydrogen-bond acceptors (Lipinski definition) is 5. The van der Waals surface area contributed by atoms with Gasteiger partial charge in [0.1, 0.15) is 12.6 Å². The number of nitrogens with one attached hydrogen (secondary N) is 1. The van der Waals surface area contributed by atoms with Gasteiger partial charge in [0.15, 0.2) is 0 Å². The highest BCUT2D eigenvalue weighted by Gasteiger charge is 2.39. The Balaban J connectivity index is 1.52. The van der Waals surface area contributed by atoms with E-state index in [0.29, 0.717) is 43.9 Å². The summed E-state index contributed by atoms with van der Waals surface area (Å²) in [6.07, 6.45) is 0.641. The molecule has 2 saturated heterocycles. The van der Waals surface area contributed by atoms with Gasteiger partial charge in [0, 0.05) is 17.9 Å². The highest BCUT2D eigenvalue weighted by Crippen LogP contribution is 2.28. The lowest BCUT2D eigenvalue weighted by atomic mass is 10.2. The fourth-order valence-electron chi connectivity index (χ4n) is 3.74. The largest absolute Gasteiger partial charge is 0.447 e. The van der Waals surface area contributed by atoms with Gasteiger partial charge < -0.3 is 10.1 Å². The average Bonchev–Trinajstić information content (AvgIpc) is 3.38. The highest BCUT2D eigenvalue weighted by atomic mass is 32.2. The van der Waals surface area contributed by atoms with Crippen molar-refractivity contribution < 1.29 is 22.7 Å². The number of benzene rings is 2. The van der Waals surface area contributed by atoms with Gasteiger partial charge in [-0.1, -0.05) is 23.8 Å². The van der Waals surface area contributed by atoms with Gasteiger partial charge in [-0.05, 0) is 50.1 Å². The number of carbonyl (C=O) groups excluding carboxylic acids is 2. The van der Waals surface area contributed by atoms with Crippen LogP contribution in [-0.2, 0) is 19.6 Å². The molecule has 0 aliphatic carbocycles. The standard InChI is InChI=1S/C21H23N3O5S/c1-15-7-9-18(10-8-15)30(27,28)24-11-3-6-19(24)20(25)22-16-4-2-5-17(14-16)23-12-13-29-21(23)26/h2,4-5,7-10,14,19H,3,6,11-13H2,1H3,(H,22,25)/t19-/m0/s1. The second kappa shape index (κ2) is 8.08. The number of carbonyl (C=O) groups is 2. The van der Waals surface area contributed by atoms with Crippen LogP contribution < -0.4 is 10.2 Å². The van der Waals surface area contributed by atoms with Gasteiger partial charge in [0.05, 0.1) is 11.4 Å². The van der Waals surface area contributed by atoms with Crippen molar-refractivity contribution in [2.45, 2.75) is 30.7 Å². The van der Waals surface area contributed by atoms with Crippen LogP contribution in [0.15, 0.2) is 53.4 Å². The van der Waals surface area contributed by atoms with Crippen molar-refractivity contribution in [2.24, 2.45) is 0 Å². The minimum absolute atomic E-state index is 0.183. The average molecular weight is 429 g/mol. The van der Waals surface area contributed by atoms with Crippen molar-refractivity contribution in [3.63, 3.8) is 0 Å². The second-order valence-electron chi connectivity index (χ2n) is 7.39. The summed E-state index contributed by atoms with van der Waals surface area (Å²) in [5, 5.41) is 2.80. The quantitative estimate of drug-likeness (QED) is 0.788. The molecule has 2 aliphatic heterocycles. The fraction of sp³-hybridized carbons (Fsp3) is 0.333. The van der Waals surface area contributed by atoms with E-state index in [1.54, 1.807) is 48.5 Å². The predicted octanol–water partition coefficient (Wildman–Crippen LogP) is 2.74. The van der Waals surface area contributed by atoms with Crippen LogP contribution in [-0.4, -0.2) is 50.5 Å². The van der Waals surface area contributed by atoms with Crippen LogP contribution in [0.25, 0.3) is 0 Å². The zero-order valence-corrected chi connectivity index (χ0v) is 17.4. The highest BCUT2D eigenvalue weighted by molar-refractivity contribution is 7.89. The fourth-order valence-corrected chi connectivity index (χ4v) is 5.40. The van der Waals surface area contributed by atoms with E-state index in [1.165, 1.54) is 9.21 Å². The Morgan fingerprint density at radius 1 is 1.13 bits per heavy atom. The number of sulfonamides is 1. The lowest BCUT2D eigenvalue weighted by molar-refractivity contribution is -0.119. The summed E-state index contributed by atoms with van der Waals surface area (Å²) in [4.78, 5) is 26.4. The molecular weight excluding hydrogens is 406 g/mol. The second-order valence-corrected chi connectivity index (χ2v) is 9.28. The Hall–Kier alpha value is -2.91. The zero-order valence-electron chi connectivity index (χ0n) is 16.6. The smallest absolute Gasteiger partial charge is 0.414 e. The third-order valence-electron chi connectivity index (χ3n) is 5.32. The van der Waals surface area contributed by atoms with Crippen molar-refractivity contribution in [1.82, 2.24) is 4.31 Å². The van der Waals surface area contributed by atoms with Crippen LogP contribution in [0.3, 0.4) is 0 Å². The van der Waals surface area contributed by atoms with E-state index < -0.39 is 22.2 Å². The van der Waals surface area contributed by atoms with E-state index in [1.807, 2.05) is 6.92 Å². The van der Waals surface area contributed by atoms with E-state index in [4.69, 9.17) is 4.74 Å². The minimum Gasteiger partial charge on any atom is -0.447 e. The molecule has 0 saturated carbocycles. The summed E-state index contributed by atoms with van der Waals surface area (Å²) >= 11 is 0. The van der Waals surface area contributed by atoms with Crippen LogP contribution >= 0.6 is 0 Å². The van der Waals surface area contributed by atoms with Crippen LogP contribution in [0.5, 0.6) is 0 Å². The van der Waals surface area contributed by atoms with Crippen LogP contribution in [0.1, 0.15) is 18.4 Å². The van der Waals surface area contributed by atoms with Gasteiger partial charge in [0.25, 0.3) is 0 Å². The Morgan fingerprint density at radius 2 is 1.90 bits per heavy atom. The molecule has 9 heteroatoms. The first-order valence-corrected chi connectivity index (χ1v) is 11.2. The molecule has 2 aliphatic rings. The molecule has 0 spiro atoms. The Kier molecular flexibility index (Phi) is 5.48. The Bertz CT molecular complexity index is 1070. The van der Waals surface area contributed by atoms with Gasteiger partial charge in [-0.3, -0.25) is 9.69 Å². The van der Waals surface area contributed by atoms with Crippen LogP contribution in [0, 0.1) is 6.92 Å². The minimum atomic E-state index is -3.77. The molecule has 2 heterocycles. The van der Waals surface area contributed by atoms with Crippen LogP contribution in [0.4, 0.5) is 16.2 Å². The number of amides is 2. The van der Waals surface area contributed by atoms with E-state index in [2.05, 4.69) is 5.32 Å². The summed E-state index contributed by atoms with van der Waals surface area (Å²) in [6.45, 7) is 2.96. The summed E-state index contributed by atoms with van der Waals surface area (Å²) in [6, 6.07) is 12.7. The van der Waals surface area contributed by atoms with E-state index in [-0.39, 0.29) is 10.8 Å². The van der Waals surface area contributed by atoms with Crippen molar-refractivity contribution in [3.05, 3.63) is 54.1 Å². The maximum absolute atomic E-state index is 13.1. The van der Waals surface area contributed by atoms with E-state index in [9.17, 15) is 18.0 Å². The van der Waals surface area contributed by atoms with Crippen molar-refractivity contribution in [3.8, 4) is 0 Å². The van der Waals surface area contributed by atoms with Crippen molar-refractivity contribution >= 4 is 33.4 Å². The lowest BCUT2D eigenvalue weighted by Gasteiger charge is -2.23. The van der Waals surface area contributed by atoms with Gasteiger partial charge in [0.2, 0.25) is 15.9 Å². The topological polar surface area (TPSA) is 96.0 Å². The first-order valence-electron chi connectivity index (χ1n) is 9.80. The molecule has 0 bridgehead atoms. The van der Waals surface area contributed by atoms with Crippen molar-refractivity contribution in [1.29, 1.82) is 0 Å². The third kappa shape index (κ3) is 3.90. The van der Waals surface area contributed by atoms with Gasteiger partial charge >= 0.3 is 6.09 Å². The molecule has 2 aromatic carbocycles.